The highest BCUT2D eigenvalue weighted by Crippen LogP contribution is 1.98. The second-order valence-electron chi connectivity index (χ2n) is 2.80. The number of amides is 1. The second kappa shape index (κ2) is 4.03. The maximum Gasteiger partial charge on any atom is 0.239 e. The number of rotatable bonds is 2. The van der Waals surface area contributed by atoms with E-state index in [1.165, 1.54) is 4.90 Å². The summed E-state index contributed by atoms with van der Waals surface area (Å²) in [5, 5.41) is 4.74. The summed E-state index contributed by atoms with van der Waals surface area (Å²) in [7, 11) is -3.70. The molecule has 0 aliphatic carbocycles. The fourth-order valence-corrected chi connectivity index (χ4v) is 1.60. The third-order valence-corrected chi connectivity index (χ3v) is 2.34. The third kappa shape index (κ3) is 3.71. The first-order valence-corrected chi connectivity index (χ1v) is 5.56. The van der Waals surface area contributed by atoms with Gasteiger partial charge < -0.3 is 9.64 Å². The Hall–Kier alpha value is -0.660. The van der Waals surface area contributed by atoms with Gasteiger partial charge in [0, 0.05) is 13.1 Å². The molecular weight excluding hydrogens is 196 g/mol. The molecule has 0 aromatic heterocycles. The number of primary sulfonamides is 1. The van der Waals surface area contributed by atoms with E-state index in [0.29, 0.717) is 26.3 Å². The minimum Gasteiger partial charge on any atom is -0.378 e. The molecule has 0 atom stereocenters. The van der Waals surface area contributed by atoms with Gasteiger partial charge in [-0.3, -0.25) is 4.79 Å². The zero-order valence-electron chi connectivity index (χ0n) is 7.10. The molecule has 7 heteroatoms. The van der Waals surface area contributed by atoms with Crippen molar-refractivity contribution in [1.29, 1.82) is 0 Å². The molecule has 1 saturated heterocycles. The summed E-state index contributed by atoms with van der Waals surface area (Å²) < 4.78 is 26.2. The molecular formula is C6H12N2O4S. The van der Waals surface area contributed by atoms with Crippen LogP contribution in [0.1, 0.15) is 0 Å². The molecule has 1 aliphatic rings. The van der Waals surface area contributed by atoms with E-state index in [9.17, 15) is 13.2 Å². The van der Waals surface area contributed by atoms with Gasteiger partial charge in [0.15, 0.2) is 0 Å². The van der Waals surface area contributed by atoms with E-state index in [0.717, 1.165) is 0 Å². The number of morpholine rings is 1. The highest BCUT2D eigenvalue weighted by atomic mass is 32.2. The van der Waals surface area contributed by atoms with Crippen molar-refractivity contribution in [3.63, 3.8) is 0 Å². The van der Waals surface area contributed by atoms with Crippen molar-refractivity contribution >= 4 is 15.9 Å². The fourth-order valence-electron chi connectivity index (χ4n) is 1.08. The van der Waals surface area contributed by atoms with E-state index in [1.54, 1.807) is 0 Å². The fraction of sp³-hybridized carbons (Fsp3) is 0.833. The molecule has 1 fully saturated rings. The molecule has 1 amide bonds. The van der Waals surface area contributed by atoms with Gasteiger partial charge in [-0.05, 0) is 0 Å². The molecule has 0 radical (unpaired) electrons. The van der Waals surface area contributed by atoms with Crippen LogP contribution >= 0.6 is 0 Å². The van der Waals surface area contributed by atoms with E-state index in [4.69, 9.17) is 9.88 Å². The number of nitrogens with two attached hydrogens (primary N) is 1. The van der Waals surface area contributed by atoms with Crippen LogP contribution in [0.15, 0.2) is 0 Å². The number of nitrogens with zero attached hydrogens (tertiary/aromatic N) is 1. The van der Waals surface area contributed by atoms with Crippen LogP contribution in [-0.2, 0) is 19.6 Å². The van der Waals surface area contributed by atoms with Gasteiger partial charge in [-0.1, -0.05) is 0 Å². The monoisotopic (exact) mass is 208 g/mol. The summed E-state index contributed by atoms with van der Waals surface area (Å²) in [6, 6.07) is 0. The number of carbonyl (C=O) groups is 1. The molecule has 0 unspecified atom stereocenters. The molecule has 13 heavy (non-hydrogen) atoms. The number of carbonyl (C=O) groups excluding carboxylic acids is 1. The average molecular weight is 208 g/mol. The Morgan fingerprint density at radius 2 is 1.92 bits per heavy atom. The van der Waals surface area contributed by atoms with Gasteiger partial charge in [0.25, 0.3) is 0 Å². The number of ether oxygens (including phenoxy) is 1. The van der Waals surface area contributed by atoms with E-state index >= 15 is 0 Å². The summed E-state index contributed by atoms with van der Waals surface area (Å²) in [5.74, 6) is -1.07. The highest BCUT2D eigenvalue weighted by molar-refractivity contribution is 7.89. The first-order chi connectivity index (χ1) is 5.99. The largest absolute Gasteiger partial charge is 0.378 e. The first kappa shape index (κ1) is 10.4. The Balaban J connectivity index is 2.47. The standard InChI is InChI=1S/C6H12N2O4S/c7-13(10,11)5-6(9)8-1-3-12-4-2-8/h1-5H2,(H2,7,10,11). The molecule has 76 valence electrons. The van der Waals surface area contributed by atoms with Crippen LogP contribution in [0.2, 0.25) is 0 Å². The maximum atomic E-state index is 11.2. The quantitative estimate of drug-likeness (QED) is 0.576. The number of hydrogen-bond donors (Lipinski definition) is 1. The third-order valence-electron chi connectivity index (χ3n) is 1.69. The lowest BCUT2D eigenvalue weighted by Gasteiger charge is -2.26. The number of hydrogen-bond acceptors (Lipinski definition) is 4. The zero-order chi connectivity index (χ0) is 9.90. The lowest BCUT2D eigenvalue weighted by molar-refractivity contribution is -0.132. The predicted molar refractivity (Wildman–Crippen MR) is 45.4 cm³/mol. The minimum atomic E-state index is -3.70. The Bertz CT molecular complexity index is 281. The van der Waals surface area contributed by atoms with Gasteiger partial charge in [-0.25, -0.2) is 13.6 Å². The van der Waals surface area contributed by atoms with Crippen LogP contribution in [-0.4, -0.2) is 51.3 Å². The van der Waals surface area contributed by atoms with Crippen molar-refractivity contribution in [2.45, 2.75) is 0 Å². The van der Waals surface area contributed by atoms with Gasteiger partial charge in [0.05, 0.1) is 13.2 Å². The molecule has 0 bridgehead atoms. The summed E-state index contributed by atoms with van der Waals surface area (Å²) in [5.41, 5.74) is 0. The van der Waals surface area contributed by atoms with Crippen LogP contribution in [0, 0.1) is 0 Å². The average Bonchev–Trinajstić information content (AvgIpc) is 2.03. The smallest absolute Gasteiger partial charge is 0.239 e. The summed E-state index contributed by atoms with van der Waals surface area (Å²) in [4.78, 5) is 12.7. The highest BCUT2D eigenvalue weighted by Gasteiger charge is 2.20. The van der Waals surface area contributed by atoms with Crippen LogP contribution in [0.3, 0.4) is 0 Å². The van der Waals surface area contributed by atoms with Crippen molar-refractivity contribution in [3.8, 4) is 0 Å². The lowest BCUT2D eigenvalue weighted by Crippen LogP contribution is -2.44. The van der Waals surface area contributed by atoms with Crippen molar-refractivity contribution in [2.24, 2.45) is 5.14 Å². The van der Waals surface area contributed by atoms with Gasteiger partial charge in [-0.2, -0.15) is 0 Å². The van der Waals surface area contributed by atoms with Crippen molar-refractivity contribution in [3.05, 3.63) is 0 Å². The van der Waals surface area contributed by atoms with Crippen LogP contribution < -0.4 is 5.14 Å². The molecule has 0 saturated carbocycles. The van der Waals surface area contributed by atoms with E-state index in [-0.39, 0.29) is 0 Å². The van der Waals surface area contributed by atoms with E-state index < -0.39 is 21.7 Å². The Morgan fingerprint density at radius 3 is 2.38 bits per heavy atom. The van der Waals surface area contributed by atoms with Crippen molar-refractivity contribution < 1.29 is 17.9 Å². The molecule has 1 rings (SSSR count). The van der Waals surface area contributed by atoms with Gasteiger partial charge in [-0.15, -0.1) is 0 Å². The van der Waals surface area contributed by atoms with Crippen molar-refractivity contribution in [2.75, 3.05) is 32.1 Å². The van der Waals surface area contributed by atoms with Gasteiger partial charge in [0.2, 0.25) is 15.9 Å². The normalized spacial score (nSPS) is 18.7. The molecule has 0 aromatic rings. The second-order valence-corrected chi connectivity index (χ2v) is 4.41. The van der Waals surface area contributed by atoms with Crippen LogP contribution in [0.4, 0.5) is 0 Å². The van der Waals surface area contributed by atoms with Gasteiger partial charge >= 0.3 is 0 Å². The molecule has 6 nitrogen and oxygen atoms in total. The first-order valence-electron chi connectivity index (χ1n) is 3.85. The summed E-state index contributed by atoms with van der Waals surface area (Å²) in [6.07, 6.45) is 0. The van der Waals surface area contributed by atoms with Crippen molar-refractivity contribution in [1.82, 2.24) is 4.90 Å². The van der Waals surface area contributed by atoms with Crippen LogP contribution in [0.5, 0.6) is 0 Å². The van der Waals surface area contributed by atoms with E-state index in [1.807, 2.05) is 0 Å². The van der Waals surface area contributed by atoms with Crippen LogP contribution in [0.25, 0.3) is 0 Å². The zero-order valence-corrected chi connectivity index (χ0v) is 7.92. The predicted octanol–water partition coefficient (Wildman–Crippen LogP) is -1.87. The summed E-state index contributed by atoms with van der Waals surface area (Å²) in [6.45, 7) is 1.79. The Morgan fingerprint density at radius 1 is 1.38 bits per heavy atom. The van der Waals surface area contributed by atoms with E-state index in [2.05, 4.69) is 0 Å². The molecule has 0 aromatic carbocycles. The SMILES string of the molecule is NS(=O)(=O)CC(=O)N1CCOCC1. The molecule has 1 aliphatic heterocycles. The maximum absolute atomic E-state index is 11.2. The molecule has 1 heterocycles. The minimum absolute atomic E-state index is 0.439. The number of sulfonamides is 1. The topological polar surface area (TPSA) is 89.7 Å². The Labute approximate surface area is 76.7 Å². The Kier molecular flexibility index (Phi) is 3.23. The van der Waals surface area contributed by atoms with Gasteiger partial charge in [0.1, 0.15) is 5.75 Å². The molecule has 2 N–H and O–H groups in total. The molecule has 0 spiro atoms. The lowest BCUT2D eigenvalue weighted by atomic mass is 10.4. The summed E-state index contributed by atoms with van der Waals surface area (Å²) >= 11 is 0.